The van der Waals surface area contributed by atoms with E-state index in [1.165, 1.54) is 12.1 Å². The van der Waals surface area contributed by atoms with Crippen molar-refractivity contribution in [3.63, 3.8) is 0 Å². The molecule has 62 valence electrons. The zero-order valence-corrected chi connectivity index (χ0v) is 6.65. The van der Waals surface area contributed by atoms with E-state index in [4.69, 9.17) is 0 Å². The number of nitrogens with zero attached hydrogens (tertiary/aromatic N) is 2. The number of rotatable bonds is 2. The lowest BCUT2D eigenvalue weighted by Gasteiger charge is -1.97. The lowest BCUT2D eigenvalue weighted by molar-refractivity contribution is -0.384. The highest BCUT2D eigenvalue weighted by molar-refractivity contribution is 5.56. The lowest BCUT2D eigenvalue weighted by atomic mass is 10.2. The van der Waals surface area contributed by atoms with Crippen LogP contribution in [-0.4, -0.2) is 11.6 Å². The summed E-state index contributed by atoms with van der Waals surface area (Å²) in [5.41, 5.74) is 1.49. The molecule has 0 aliphatic rings. The molecule has 0 amide bonds. The van der Waals surface area contributed by atoms with Crippen LogP contribution >= 0.6 is 0 Å². The van der Waals surface area contributed by atoms with E-state index in [2.05, 4.69) is 11.7 Å². The van der Waals surface area contributed by atoms with Crippen LogP contribution in [0.5, 0.6) is 0 Å². The van der Waals surface area contributed by atoms with Crippen molar-refractivity contribution in [2.24, 2.45) is 4.99 Å². The minimum atomic E-state index is -0.450. The Morgan fingerprint density at radius 3 is 2.75 bits per heavy atom. The highest BCUT2D eigenvalue weighted by atomic mass is 16.6. The Bertz CT molecular complexity index is 334. The molecule has 0 spiro atoms. The molecule has 0 fully saturated rings. The predicted molar refractivity (Wildman–Crippen MR) is 47.0 cm³/mol. The second kappa shape index (κ2) is 3.13. The quantitative estimate of drug-likeness (QED) is 0.382. The van der Waals surface area contributed by atoms with E-state index in [0.717, 1.165) is 5.56 Å². The van der Waals surface area contributed by atoms with Crippen LogP contribution in [0.1, 0.15) is 5.56 Å². The fourth-order valence-corrected chi connectivity index (χ4v) is 0.882. The zero-order chi connectivity index (χ0) is 9.14. The van der Waals surface area contributed by atoms with Crippen LogP contribution in [0.25, 0.3) is 0 Å². The van der Waals surface area contributed by atoms with Crippen LogP contribution in [0.2, 0.25) is 0 Å². The number of benzene rings is 1. The normalized spacial score (nSPS) is 9.42. The van der Waals surface area contributed by atoms with Gasteiger partial charge in [0.1, 0.15) is 0 Å². The summed E-state index contributed by atoms with van der Waals surface area (Å²) < 4.78 is 0. The monoisotopic (exact) mass is 164 g/mol. The first-order valence-corrected chi connectivity index (χ1v) is 3.37. The summed E-state index contributed by atoms with van der Waals surface area (Å²) in [6.45, 7) is 5.15. The van der Waals surface area contributed by atoms with Crippen LogP contribution in [0.15, 0.2) is 23.2 Å². The largest absolute Gasteiger partial charge is 0.271 e. The Morgan fingerprint density at radius 2 is 2.25 bits per heavy atom. The second-order valence-electron chi connectivity index (χ2n) is 2.39. The number of hydrogen-bond acceptors (Lipinski definition) is 3. The van der Waals surface area contributed by atoms with Gasteiger partial charge < -0.3 is 0 Å². The first kappa shape index (κ1) is 8.39. The van der Waals surface area contributed by atoms with Crippen molar-refractivity contribution < 1.29 is 4.92 Å². The molecule has 0 radical (unpaired) electrons. The highest BCUT2D eigenvalue weighted by Crippen LogP contribution is 2.23. The maximum absolute atomic E-state index is 10.3. The molecule has 0 aliphatic heterocycles. The summed E-state index contributed by atoms with van der Waals surface area (Å²) in [5, 5.41) is 10.3. The average molecular weight is 164 g/mol. The number of aryl methyl sites for hydroxylation is 1. The fourth-order valence-electron chi connectivity index (χ4n) is 0.882. The van der Waals surface area contributed by atoms with Gasteiger partial charge in [-0.15, -0.1) is 0 Å². The number of aliphatic imine (C=N–C) groups is 1. The highest BCUT2D eigenvalue weighted by Gasteiger charge is 2.06. The molecule has 4 heteroatoms. The van der Waals surface area contributed by atoms with Crippen LogP contribution in [0, 0.1) is 17.0 Å². The number of nitro groups is 1. The maximum atomic E-state index is 10.3. The third kappa shape index (κ3) is 1.47. The Morgan fingerprint density at radius 1 is 1.58 bits per heavy atom. The molecule has 0 heterocycles. The summed E-state index contributed by atoms with van der Waals surface area (Å²) >= 11 is 0. The predicted octanol–water partition coefficient (Wildman–Crippen LogP) is 2.24. The Kier molecular flexibility index (Phi) is 2.19. The van der Waals surface area contributed by atoms with Gasteiger partial charge in [-0.05, 0) is 19.2 Å². The third-order valence-corrected chi connectivity index (χ3v) is 1.57. The third-order valence-electron chi connectivity index (χ3n) is 1.57. The van der Waals surface area contributed by atoms with Crippen LogP contribution < -0.4 is 0 Å². The van der Waals surface area contributed by atoms with Gasteiger partial charge in [-0.3, -0.25) is 15.1 Å². The van der Waals surface area contributed by atoms with E-state index in [1.54, 1.807) is 6.07 Å². The van der Waals surface area contributed by atoms with Crippen LogP contribution in [0.3, 0.4) is 0 Å². The summed E-state index contributed by atoms with van der Waals surface area (Å²) in [5.74, 6) is 0. The van der Waals surface area contributed by atoms with E-state index in [1.807, 2.05) is 6.92 Å². The molecule has 0 saturated carbocycles. The number of hydrogen-bond donors (Lipinski definition) is 0. The SMILES string of the molecule is C=Nc1cc([N+](=O)[O-])ccc1C. The molecule has 1 aromatic carbocycles. The fraction of sp³-hybridized carbons (Fsp3) is 0.125. The van der Waals surface area contributed by atoms with Crippen molar-refractivity contribution >= 4 is 18.1 Å². The van der Waals surface area contributed by atoms with Crippen molar-refractivity contribution in [2.75, 3.05) is 0 Å². The second-order valence-corrected chi connectivity index (χ2v) is 2.39. The topological polar surface area (TPSA) is 55.5 Å². The van der Waals surface area contributed by atoms with E-state index in [0.29, 0.717) is 5.69 Å². The number of non-ortho nitro benzene ring substituents is 1. The first-order chi connectivity index (χ1) is 5.65. The van der Waals surface area contributed by atoms with Gasteiger partial charge in [0.25, 0.3) is 5.69 Å². The molecule has 0 saturated heterocycles. The molecule has 0 unspecified atom stereocenters. The molecule has 12 heavy (non-hydrogen) atoms. The maximum Gasteiger partial charge on any atom is 0.271 e. The Balaban J connectivity index is 3.22. The summed E-state index contributed by atoms with van der Waals surface area (Å²) in [6.07, 6.45) is 0. The van der Waals surface area contributed by atoms with E-state index < -0.39 is 4.92 Å². The van der Waals surface area contributed by atoms with Crippen molar-refractivity contribution in [3.05, 3.63) is 33.9 Å². The van der Waals surface area contributed by atoms with Crippen molar-refractivity contribution in [1.29, 1.82) is 0 Å². The molecule has 1 rings (SSSR count). The molecule has 0 aliphatic carbocycles. The molecule has 4 nitrogen and oxygen atoms in total. The van der Waals surface area contributed by atoms with Crippen molar-refractivity contribution in [2.45, 2.75) is 6.92 Å². The molecule has 0 aromatic heterocycles. The van der Waals surface area contributed by atoms with Gasteiger partial charge in [0, 0.05) is 12.1 Å². The Hall–Kier alpha value is -1.71. The van der Waals surface area contributed by atoms with Gasteiger partial charge >= 0.3 is 0 Å². The number of nitro benzene ring substituents is 1. The summed E-state index contributed by atoms with van der Waals surface area (Å²) in [6, 6.07) is 4.51. The minimum Gasteiger partial charge on any atom is -0.264 e. The molecule has 0 atom stereocenters. The van der Waals surface area contributed by atoms with Gasteiger partial charge in [-0.2, -0.15) is 0 Å². The van der Waals surface area contributed by atoms with Gasteiger partial charge in [0.2, 0.25) is 0 Å². The van der Waals surface area contributed by atoms with Crippen molar-refractivity contribution in [3.8, 4) is 0 Å². The summed E-state index contributed by atoms with van der Waals surface area (Å²) in [4.78, 5) is 13.5. The molecule has 0 bridgehead atoms. The summed E-state index contributed by atoms with van der Waals surface area (Å²) in [7, 11) is 0. The van der Waals surface area contributed by atoms with E-state index in [-0.39, 0.29) is 5.69 Å². The molecule has 0 N–H and O–H groups in total. The van der Waals surface area contributed by atoms with Crippen LogP contribution in [-0.2, 0) is 0 Å². The van der Waals surface area contributed by atoms with Gasteiger partial charge in [0.15, 0.2) is 0 Å². The zero-order valence-electron chi connectivity index (χ0n) is 6.65. The molecular weight excluding hydrogens is 156 g/mol. The minimum absolute atomic E-state index is 0.0444. The standard InChI is InChI=1S/C8H8N2O2/c1-6-3-4-7(10(11)12)5-8(6)9-2/h3-5H,2H2,1H3. The van der Waals surface area contributed by atoms with Crippen LogP contribution in [0.4, 0.5) is 11.4 Å². The van der Waals surface area contributed by atoms with Gasteiger partial charge in [0.05, 0.1) is 10.6 Å². The smallest absolute Gasteiger partial charge is 0.264 e. The van der Waals surface area contributed by atoms with Gasteiger partial charge in [-0.1, -0.05) is 6.07 Å². The van der Waals surface area contributed by atoms with Crippen molar-refractivity contribution in [1.82, 2.24) is 0 Å². The lowest BCUT2D eigenvalue weighted by Crippen LogP contribution is -1.87. The molecule has 1 aromatic rings. The average Bonchev–Trinajstić information content (AvgIpc) is 2.05. The van der Waals surface area contributed by atoms with E-state index in [9.17, 15) is 10.1 Å². The van der Waals surface area contributed by atoms with E-state index >= 15 is 0 Å². The Labute approximate surface area is 69.7 Å². The molecular formula is C8H8N2O2. The van der Waals surface area contributed by atoms with Gasteiger partial charge in [-0.25, -0.2) is 0 Å². The first-order valence-electron chi connectivity index (χ1n) is 3.37.